The molecule has 0 aliphatic heterocycles. The summed E-state index contributed by atoms with van der Waals surface area (Å²) >= 11 is 0. The average Bonchev–Trinajstić information content (AvgIpc) is 2.61. The highest BCUT2D eigenvalue weighted by molar-refractivity contribution is 5.52. The predicted octanol–water partition coefficient (Wildman–Crippen LogP) is 0.468. The Balaban J connectivity index is 2.64. The lowest BCUT2D eigenvalue weighted by Gasteiger charge is -1.95. The van der Waals surface area contributed by atoms with Gasteiger partial charge in [0.05, 0.1) is 11.3 Å². The van der Waals surface area contributed by atoms with E-state index in [0.29, 0.717) is 11.4 Å². The lowest BCUT2D eigenvalue weighted by molar-refractivity contribution is 0.945. The van der Waals surface area contributed by atoms with E-state index in [9.17, 15) is 4.79 Å². The maximum absolute atomic E-state index is 11.3. The number of aromatic nitrogens is 4. The molecule has 2 rings (SSSR count). The highest BCUT2D eigenvalue weighted by Crippen LogP contribution is 2.07. The highest BCUT2D eigenvalue weighted by atomic mass is 16.1. The Labute approximate surface area is 73.9 Å². The molecule has 0 spiro atoms. The molecule has 0 radical (unpaired) electrons. The molecular weight excluding hydrogens is 168 g/mol. The summed E-state index contributed by atoms with van der Waals surface area (Å²) in [5, 5.41) is 6.16. The van der Waals surface area contributed by atoms with E-state index < -0.39 is 0 Å². The van der Waals surface area contributed by atoms with Crippen molar-refractivity contribution in [2.24, 2.45) is 0 Å². The van der Waals surface area contributed by atoms with Gasteiger partial charge in [0.25, 0.3) is 5.56 Å². The molecule has 5 heteroatoms. The van der Waals surface area contributed by atoms with Gasteiger partial charge in [-0.3, -0.25) is 4.79 Å². The van der Waals surface area contributed by atoms with Crippen LogP contribution in [0.3, 0.4) is 0 Å². The van der Waals surface area contributed by atoms with Gasteiger partial charge in [-0.05, 0) is 13.0 Å². The summed E-state index contributed by atoms with van der Waals surface area (Å²) in [6.45, 7) is 1.81. The fourth-order valence-corrected chi connectivity index (χ4v) is 1.09. The van der Waals surface area contributed by atoms with Crippen LogP contribution in [-0.2, 0) is 0 Å². The van der Waals surface area contributed by atoms with E-state index in [1.807, 2.05) is 6.92 Å². The zero-order valence-electron chi connectivity index (χ0n) is 7.03. The molecule has 0 unspecified atom stereocenters. The molecule has 2 aromatic heterocycles. The number of imidazole rings is 1. The lowest BCUT2D eigenvalue weighted by Crippen LogP contribution is -2.11. The largest absolute Gasteiger partial charge is 0.344 e. The second-order valence-electron chi connectivity index (χ2n) is 2.69. The molecule has 0 bridgehead atoms. The quantitative estimate of drug-likeness (QED) is 0.663. The van der Waals surface area contributed by atoms with Crippen LogP contribution in [0, 0.1) is 6.92 Å². The van der Waals surface area contributed by atoms with Gasteiger partial charge in [0.1, 0.15) is 5.82 Å². The fraction of sp³-hybridized carbons (Fsp3) is 0.125. The zero-order chi connectivity index (χ0) is 9.26. The molecule has 0 fully saturated rings. The van der Waals surface area contributed by atoms with Crippen LogP contribution in [0.4, 0.5) is 0 Å². The smallest absolute Gasteiger partial charge is 0.275 e. The van der Waals surface area contributed by atoms with Gasteiger partial charge in [0.15, 0.2) is 0 Å². The maximum Gasteiger partial charge on any atom is 0.275 e. The number of aromatic amines is 2. The molecule has 13 heavy (non-hydrogen) atoms. The van der Waals surface area contributed by atoms with Crippen molar-refractivity contribution in [1.82, 2.24) is 20.2 Å². The second-order valence-corrected chi connectivity index (χ2v) is 2.69. The molecule has 2 N–H and O–H groups in total. The number of H-pyrrole nitrogens is 2. The van der Waals surface area contributed by atoms with Gasteiger partial charge in [0.2, 0.25) is 0 Å². The van der Waals surface area contributed by atoms with Gasteiger partial charge in [-0.15, -0.1) is 0 Å². The summed E-state index contributed by atoms with van der Waals surface area (Å²) < 4.78 is 0. The summed E-state index contributed by atoms with van der Waals surface area (Å²) in [6, 6.07) is 1.69. The number of nitrogens with one attached hydrogen (secondary N) is 2. The van der Waals surface area contributed by atoms with Crippen molar-refractivity contribution < 1.29 is 0 Å². The van der Waals surface area contributed by atoms with Crippen molar-refractivity contribution in [3.63, 3.8) is 0 Å². The molecule has 0 aromatic carbocycles. The van der Waals surface area contributed by atoms with E-state index in [-0.39, 0.29) is 5.56 Å². The van der Waals surface area contributed by atoms with Crippen molar-refractivity contribution in [2.75, 3.05) is 0 Å². The third kappa shape index (κ3) is 1.35. The van der Waals surface area contributed by atoms with Crippen molar-refractivity contribution in [1.29, 1.82) is 0 Å². The predicted molar refractivity (Wildman–Crippen MR) is 47.2 cm³/mol. The Kier molecular flexibility index (Phi) is 1.70. The number of aryl methyl sites for hydroxylation is 1. The third-order valence-electron chi connectivity index (χ3n) is 1.68. The monoisotopic (exact) mass is 176 g/mol. The lowest BCUT2D eigenvalue weighted by atomic mass is 10.2. The van der Waals surface area contributed by atoms with Crippen LogP contribution in [0.2, 0.25) is 0 Å². The second kappa shape index (κ2) is 2.85. The summed E-state index contributed by atoms with van der Waals surface area (Å²) in [4.78, 5) is 18.1. The molecule has 2 heterocycles. The van der Waals surface area contributed by atoms with Crippen molar-refractivity contribution in [3.05, 3.63) is 34.5 Å². The Hall–Kier alpha value is -1.91. The topological polar surface area (TPSA) is 74.4 Å². The molecular formula is C8H8N4O. The first-order chi connectivity index (χ1) is 6.27. The maximum atomic E-state index is 11.3. The van der Waals surface area contributed by atoms with Gasteiger partial charge in [-0.2, -0.15) is 5.10 Å². The van der Waals surface area contributed by atoms with E-state index in [1.165, 1.54) is 0 Å². The molecule has 2 aromatic rings. The van der Waals surface area contributed by atoms with Crippen LogP contribution in [0.25, 0.3) is 11.4 Å². The number of nitrogens with zero attached hydrogens (tertiary/aromatic N) is 2. The molecule has 0 atom stereocenters. The van der Waals surface area contributed by atoms with Crippen LogP contribution in [0.15, 0.2) is 23.3 Å². The van der Waals surface area contributed by atoms with Crippen LogP contribution in [0.1, 0.15) is 5.69 Å². The fourth-order valence-electron chi connectivity index (χ4n) is 1.09. The number of hydrogen-bond donors (Lipinski definition) is 2. The van der Waals surface area contributed by atoms with Crippen molar-refractivity contribution >= 4 is 0 Å². The molecule has 0 amide bonds. The molecule has 0 saturated heterocycles. The first-order valence-electron chi connectivity index (χ1n) is 3.83. The zero-order valence-corrected chi connectivity index (χ0v) is 7.03. The molecule has 0 aliphatic rings. The first-order valence-corrected chi connectivity index (χ1v) is 3.83. The highest BCUT2D eigenvalue weighted by Gasteiger charge is 2.05. The standard InChI is InChI=1S/C8H8N4O/c1-5-4-6(8(13)12-11-5)7-9-2-3-10-7/h2-4H,1H3,(H,9,10)(H,12,13). The third-order valence-corrected chi connectivity index (χ3v) is 1.68. The van der Waals surface area contributed by atoms with E-state index in [4.69, 9.17) is 0 Å². The van der Waals surface area contributed by atoms with Gasteiger partial charge >= 0.3 is 0 Å². The van der Waals surface area contributed by atoms with E-state index in [2.05, 4.69) is 20.2 Å². The summed E-state index contributed by atoms with van der Waals surface area (Å²) in [5.74, 6) is 0.562. The minimum Gasteiger partial charge on any atom is -0.344 e. The minimum atomic E-state index is -0.236. The molecule has 66 valence electrons. The van der Waals surface area contributed by atoms with Crippen LogP contribution in [0.5, 0.6) is 0 Å². The molecule has 5 nitrogen and oxygen atoms in total. The Morgan fingerprint density at radius 3 is 3.00 bits per heavy atom. The van der Waals surface area contributed by atoms with E-state index >= 15 is 0 Å². The molecule has 0 saturated carbocycles. The van der Waals surface area contributed by atoms with Crippen LogP contribution in [-0.4, -0.2) is 20.2 Å². The summed E-state index contributed by atoms with van der Waals surface area (Å²) in [7, 11) is 0. The average molecular weight is 176 g/mol. The normalized spacial score (nSPS) is 10.2. The van der Waals surface area contributed by atoms with E-state index in [0.717, 1.165) is 5.69 Å². The van der Waals surface area contributed by atoms with Crippen LogP contribution < -0.4 is 5.56 Å². The number of hydrogen-bond acceptors (Lipinski definition) is 3. The van der Waals surface area contributed by atoms with E-state index in [1.54, 1.807) is 18.5 Å². The van der Waals surface area contributed by atoms with Gasteiger partial charge in [0, 0.05) is 12.4 Å². The summed E-state index contributed by atoms with van der Waals surface area (Å²) in [6.07, 6.45) is 3.27. The summed E-state index contributed by atoms with van der Waals surface area (Å²) in [5.41, 5.74) is 1.03. The Morgan fingerprint density at radius 2 is 2.31 bits per heavy atom. The van der Waals surface area contributed by atoms with Crippen LogP contribution >= 0.6 is 0 Å². The van der Waals surface area contributed by atoms with Crippen molar-refractivity contribution in [2.45, 2.75) is 6.92 Å². The Bertz CT molecular complexity index is 457. The first kappa shape index (κ1) is 7.72. The SMILES string of the molecule is Cc1cc(-c2ncc[nH]2)c(=O)[nH]n1. The van der Waals surface area contributed by atoms with Gasteiger partial charge < -0.3 is 4.98 Å². The van der Waals surface area contributed by atoms with Gasteiger partial charge in [-0.1, -0.05) is 0 Å². The minimum absolute atomic E-state index is 0.236. The molecule has 0 aliphatic carbocycles. The van der Waals surface area contributed by atoms with Gasteiger partial charge in [-0.25, -0.2) is 10.1 Å². The Morgan fingerprint density at radius 1 is 1.46 bits per heavy atom. The van der Waals surface area contributed by atoms with Crippen molar-refractivity contribution in [3.8, 4) is 11.4 Å². The number of rotatable bonds is 1.